The molecule has 1 heteroatoms. The Labute approximate surface area is 151 Å². The van der Waals surface area contributed by atoms with E-state index >= 15 is 0 Å². The minimum Gasteiger partial charge on any atom is -0.0619 e. The molecule has 3 rings (SSSR count). The Bertz CT molecular complexity index is 892. The Morgan fingerprint density at radius 1 is 0.583 bits per heavy atom. The monoisotopic (exact) mass is 370 g/mol. The number of hydrogen-bond donors (Lipinski definition) is 0. The van der Waals surface area contributed by atoms with E-state index in [1.165, 1.54) is 5.56 Å². The van der Waals surface area contributed by atoms with Crippen LogP contribution in [0.5, 0.6) is 0 Å². The summed E-state index contributed by atoms with van der Waals surface area (Å²) in [5.41, 5.74) is 5.22. The lowest BCUT2D eigenvalue weighted by Crippen LogP contribution is -1.81. The van der Waals surface area contributed by atoms with E-state index in [1.807, 2.05) is 66.7 Å². The van der Waals surface area contributed by atoms with Gasteiger partial charge in [0.25, 0.3) is 0 Å². The zero-order valence-corrected chi connectivity index (χ0v) is 14.9. The summed E-state index contributed by atoms with van der Waals surface area (Å²) in [6.07, 6.45) is 0. The minimum absolute atomic E-state index is 0.979. The summed E-state index contributed by atoms with van der Waals surface area (Å²) < 4.78 is 1.01. The minimum atomic E-state index is 0.979. The van der Waals surface area contributed by atoms with Gasteiger partial charge in [0.15, 0.2) is 0 Å². The van der Waals surface area contributed by atoms with Crippen LogP contribution in [0.2, 0.25) is 0 Å². The maximum atomic E-state index is 3.51. The fourth-order valence-corrected chi connectivity index (χ4v) is 2.58. The molecule has 0 aliphatic carbocycles. The Balaban J connectivity index is 1.78. The van der Waals surface area contributed by atoms with Gasteiger partial charge in [-0.1, -0.05) is 54.0 Å². The number of hydrogen-bond acceptors (Lipinski definition) is 0. The molecule has 0 unspecified atom stereocenters. The highest BCUT2D eigenvalue weighted by Gasteiger charge is 1.94. The maximum absolute atomic E-state index is 3.51. The van der Waals surface area contributed by atoms with Crippen molar-refractivity contribution in [3.63, 3.8) is 0 Å². The molecular weight excluding hydrogens is 356 g/mol. The number of benzene rings is 3. The van der Waals surface area contributed by atoms with Gasteiger partial charge in [0, 0.05) is 26.7 Å². The molecule has 3 aromatic carbocycles. The second-order valence-corrected chi connectivity index (χ2v) is 6.23. The van der Waals surface area contributed by atoms with Gasteiger partial charge in [0.1, 0.15) is 0 Å². The van der Waals surface area contributed by atoms with E-state index in [1.54, 1.807) is 0 Å². The molecule has 0 heterocycles. The van der Waals surface area contributed by atoms with Crippen LogP contribution in [0.1, 0.15) is 27.8 Å². The van der Waals surface area contributed by atoms with E-state index < -0.39 is 0 Å². The lowest BCUT2D eigenvalue weighted by molar-refractivity contribution is 1.44. The predicted octanol–water partition coefficient (Wildman–Crippen LogP) is 5.56. The van der Waals surface area contributed by atoms with E-state index in [-0.39, 0.29) is 0 Å². The Morgan fingerprint density at radius 2 is 1.08 bits per heavy atom. The van der Waals surface area contributed by atoms with Crippen molar-refractivity contribution in [2.24, 2.45) is 0 Å². The van der Waals surface area contributed by atoms with Gasteiger partial charge in [0.05, 0.1) is 0 Å². The smallest absolute Gasteiger partial charge is 0.0391 e. The average molecular weight is 371 g/mol. The van der Waals surface area contributed by atoms with Crippen LogP contribution in [0.15, 0.2) is 77.3 Å². The van der Waals surface area contributed by atoms with Crippen molar-refractivity contribution in [3.05, 3.63) is 105 Å². The molecule has 0 aromatic heterocycles. The molecule has 0 aliphatic rings. The summed E-state index contributed by atoms with van der Waals surface area (Å²) >= 11 is 3.51. The van der Waals surface area contributed by atoms with E-state index in [0.29, 0.717) is 0 Å². The molecule has 0 bridgehead atoms. The van der Waals surface area contributed by atoms with Crippen LogP contribution in [-0.2, 0) is 0 Å². The summed E-state index contributed by atoms with van der Waals surface area (Å²) in [5.74, 6) is 12.8. The van der Waals surface area contributed by atoms with Gasteiger partial charge in [-0.25, -0.2) is 0 Å². The van der Waals surface area contributed by atoms with Crippen molar-refractivity contribution >= 4 is 15.9 Å². The molecule has 0 aliphatic heterocycles. The van der Waals surface area contributed by atoms with Crippen molar-refractivity contribution < 1.29 is 0 Å². The highest BCUT2D eigenvalue weighted by Crippen LogP contribution is 2.14. The quantitative estimate of drug-likeness (QED) is 0.454. The van der Waals surface area contributed by atoms with Crippen molar-refractivity contribution in [2.45, 2.75) is 6.92 Å². The zero-order valence-electron chi connectivity index (χ0n) is 13.3. The molecule has 0 radical (unpaired) electrons. The van der Waals surface area contributed by atoms with Crippen LogP contribution < -0.4 is 0 Å². The van der Waals surface area contributed by atoms with Gasteiger partial charge < -0.3 is 0 Å². The van der Waals surface area contributed by atoms with E-state index in [4.69, 9.17) is 0 Å². The number of rotatable bonds is 0. The predicted molar refractivity (Wildman–Crippen MR) is 104 cm³/mol. The van der Waals surface area contributed by atoms with Crippen molar-refractivity contribution in [3.8, 4) is 23.7 Å². The molecule has 0 amide bonds. The highest BCUT2D eigenvalue weighted by atomic mass is 79.9. The fraction of sp³-hybridized carbons (Fsp3) is 0.0435. The molecule has 24 heavy (non-hydrogen) atoms. The lowest BCUT2D eigenvalue weighted by atomic mass is 10.1. The molecule has 0 nitrogen and oxygen atoms in total. The first-order valence-electron chi connectivity index (χ1n) is 7.67. The molecule has 0 atom stereocenters. The fourth-order valence-electron chi connectivity index (χ4n) is 2.19. The molecule has 0 N–H and O–H groups in total. The summed E-state index contributed by atoms with van der Waals surface area (Å²) in [4.78, 5) is 0. The zero-order chi connectivity index (χ0) is 16.8. The molecular formula is C23H15Br. The lowest BCUT2D eigenvalue weighted by Gasteiger charge is -1.96. The summed E-state index contributed by atoms with van der Waals surface area (Å²) in [7, 11) is 0. The Kier molecular flexibility index (Phi) is 5.17. The summed E-state index contributed by atoms with van der Waals surface area (Å²) in [6.45, 7) is 2.07. The van der Waals surface area contributed by atoms with Crippen molar-refractivity contribution in [2.75, 3.05) is 0 Å². The SMILES string of the molecule is Cc1ccccc1C#Cc1ccc(C#Cc2ccccc2Br)cc1. The maximum Gasteiger partial charge on any atom is 0.0391 e. The van der Waals surface area contributed by atoms with Crippen LogP contribution in [0.25, 0.3) is 0 Å². The van der Waals surface area contributed by atoms with Crippen LogP contribution in [-0.4, -0.2) is 0 Å². The Hall–Kier alpha value is -2.74. The first kappa shape index (κ1) is 16.1. The third-order valence-electron chi connectivity index (χ3n) is 3.59. The van der Waals surface area contributed by atoms with Crippen molar-refractivity contribution in [1.82, 2.24) is 0 Å². The van der Waals surface area contributed by atoms with Crippen LogP contribution >= 0.6 is 15.9 Å². The van der Waals surface area contributed by atoms with Crippen molar-refractivity contribution in [1.29, 1.82) is 0 Å². The van der Waals surface area contributed by atoms with E-state index in [0.717, 1.165) is 26.7 Å². The average Bonchev–Trinajstić information content (AvgIpc) is 2.61. The van der Waals surface area contributed by atoms with Gasteiger partial charge in [-0.15, -0.1) is 0 Å². The van der Waals surface area contributed by atoms with Crippen LogP contribution in [0, 0.1) is 30.6 Å². The molecule has 114 valence electrons. The summed E-state index contributed by atoms with van der Waals surface area (Å²) in [5, 5.41) is 0. The molecule has 3 aromatic rings. The van der Waals surface area contributed by atoms with Crippen LogP contribution in [0.3, 0.4) is 0 Å². The number of halogens is 1. The topological polar surface area (TPSA) is 0 Å². The van der Waals surface area contributed by atoms with Crippen LogP contribution in [0.4, 0.5) is 0 Å². The highest BCUT2D eigenvalue weighted by molar-refractivity contribution is 9.10. The largest absolute Gasteiger partial charge is 0.0619 e. The second-order valence-electron chi connectivity index (χ2n) is 5.37. The first-order valence-corrected chi connectivity index (χ1v) is 8.46. The van der Waals surface area contributed by atoms with E-state index in [9.17, 15) is 0 Å². The van der Waals surface area contributed by atoms with Gasteiger partial charge in [0.2, 0.25) is 0 Å². The van der Waals surface area contributed by atoms with Gasteiger partial charge in [-0.05, 0) is 70.9 Å². The normalized spacial score (nSPS) is 9.42. The standard InChI is InChI=1S/C23H15Br/c1-18-6-2-3-7-21(18)16-14-19-10-12-20(13-11-19)15-17-22-8-4-5-9-23(22)24/h2-13H,1H3. The van der Waals surface area contributed by atoms with Gasteiger partial charge >= 0.3 is 0 Å². The molecule has 0 saturated carbocycles. The summed E-state index contributed by atoms with van der Waals surface area (Å²) in [6, 6.07) is 24.1. The Morgan fingerprint density at radius 3 is 1.67 bits per heavy atom. The molecule has 0 spiro atoms. The second kappa shape index (κ2) is 7.69. The third kappa shape index (κ3) is 4.17. The van der Waals surface area contributed by atoms with Gasteiger partial charge in [-0.2, -0.15) is 0 Å². The van der Waals surface area contributed by atoms with E-state index in [2.05, 4.69) is 52.6 Å². The van der Waals surface area contributed by atoms with Gasteiger partial charge in [-0.3, -0.25) is 0 Å². The molecule has 0 saturated heterocycles. The molecule has 0 fully saturated rings. The third-order valence-corrected chi connectivity index (χ3v) is 4.28. The number of aryl methyl sites for hydroxylation is 1. The first-order chi connectivity index (χ1) is 11.7.